The molecular weight excluding hydrogens is 232 g/mol. The third-order valence-corrected chi connectivity index (χ3v) is 3.36. The molecule has 0 spiro atoms. The van der Waals surface area contributed by atoms with Crippen molar-refractivity contribution in [3.8, 4) is 11.1 Å². The van der Waals surface area contributed by atoms with Crippen molar-refractivity contribution in [1.29, 1.82) is 0 Å². The van der Waals surface area contributed by atoms with Gasteiger partial charge in [-0.25, -0.2) is 8.78 Å². The van der Waals surface area contributed by atoms with Crippen LogP contribution < -0.4 is 5.32 Å². The van der Waals surface area contributed by atoms with Gasteiger partial charge in [-0.2, -0.15) is 0 Å². The Morgan fingerprint density at radius 2 is 1.89 bits per heavy atom. The van der Waals surface area contributed by atoms with E-state index in [0.29, 0.717) is 5.56 Å². The van der Waals surface area contributed by atoms with E-state index in [1.165, 1.54) is 17.2 Å². The van der Waals surface area contributed by atoms with Crippen molar-refractivity contribution >= 4 is 0 Å². The summed E-state index contributed by atoms with van der Waals surface area (Å²) in [6.45, 7) is 1.76. The molecule has 18 heavy (non-hydrogen) atoms. The van der Waals surface area contributed by atoms with E-state index in [2.05, 4.69) is 5.32 Å². The fourth-order valence-corrected chi connectivity index (χ4v) is 2.37. The molecule has 0 aliphatic carbocycles. The van der Waals surface area contributed by atoms with Crippen LogP contribution in [0.5, 0.6) is 0 Å². The smallest absolute Gasteiger partial charge is 0.166 e. The Morgan fingerprint density at radius 1 is 1.00 bits per heavy atom. The van der Waals surface area contributed by atoms with Crippen LogP contribution in [0.25, 0.3) is 11.1 Å². The molecule has 0 radical (unpaired) electrons. The van der Waals surface area contributed by atoms with Crippen LogP contribution >= 0.6 is 0 Å². The lowest BCUT2D eigenvalue weighted by Crippen LogP contribution is -2.23. The molecule has 0 saturated carbocycles. The van der Waals surface area contributed by atoms with Gasteiger partial charge in [-0.1, -0.05) is 24.3 Å². The Balaban J connectivity index is 2.09. The summed E-state index contributed by atoms with van der Waals surface area (Å²) in [5, 5.41) is 3.28. The molecule has 1 aliphatic rings. The summed E-state index contributed by atoms with van der Waals surface area (Å²) in [7, 11) is 0. The largest absolute Gasteiger partial charge is 0.312 e. The van der Waals surface area contributed by atoms with Gasteiger partial charge in [0.1, 0.15) is 0 Å². The Bertz CT molecular complexity index is 593. The molecule has 2 aromatic rings. The van der Waals surface area contributed by atoms with Gasteiger partial charge in [0.05, 0.1) is 0 Å². The van der Waals surface area contributed by atoms with E-state index in [1.807, 2.05) is 18.2 Å². The normalized spacial score (nSPS) is 14.3. The lowest BCUT2D eigenvalue weighted by Gasteiger charge is -2.18. The van der Waals surface area contributed by atoms with Crippen molar-refractivity contribution in [1.82, 2.24) is 5.32 Å². The maximum atomic E-state index is 13.7. The molecule has 0 amide bonds. The van der Waals surface area contributed by atoms with Crippen molar-refractivity contribution in [2.45, 2.75) is 13.0 Å². The van der Waals surface area contributed by atoms with Gasteiger partial charge in [-0.3, -0.25) is 0 Å². The van der Waals surface area contributed by atoms with E-state index in [-0.39, 0.29) is 0 Å². The maximum absolute atomic E-state index is 13.7. The highest BCUT2D eigenvalue weighted by molar-refractivity contribution is 5.65. The van der Waals surface area contributed by atoms with E-state index in [9.17, 15) is 8.78 Å². The Hall–Kier alpha value is -1.74. The van der Waals surface area contributed by atoms with Gasteiger partial charge in [-0.05, 0) is 41.8 Å². The SMILES string of the molecule is Fc1cccc(-c2ccc3c(c2)CNCC3)c1F. The van der Waals surface area contributed by atoms with Gasteiger partial charge in [-0.15, -0.1) is 0 Å². The number of hydrogen-bond acceptors (Lipinski definition) is 1. The number of halogens is 2. The van der Waals surface area contributed by atoms with Gasteiger partial charge < -0.3 is 5.32 Å². The molecule has 3 heteroatoms. The molecule has 0 bridgehead atoms. The average Bonchev–Trinajstić information content (AvgIpc) is 2.41. The molecule has 1 nitrogen and oxygen atoms in total. The lowest BCUT2D eigenvalue weighted by atomic mass is 9.95. The first-order chi connectivity index (χ1) is 8.75. The van der Waals surface area contributed by atoms with Crippen LogP contribution in [0.2, 0.25) is 0 Å². The highest BCUT2D eigenvalue weighted by Gasteiger charge is 2.13. The molecule has 0 atom stereocenters. The summed E-state index contributed by atoms with van der Waals surface area (Å²) in [6.07, 6.45) is 0.987. The minimum atomic E-state index is -0.802. The molecule has 0 aromatic heterocycles. The quantitative estimate of drug-likeness (QED) is 0.813. The summed E-state index contributed by atoms with van der Waals surface area (Å²) in [5.74, 6) is -1.58. The summed E-state index contributed by atoms with van der Waals surface area (Å²) in [5.41, 5.74) is 3.51. The summed E-state index contributed by atoms with van der Waals surface area (Å²) in [6, 6.07) is 10.1. The van der Waals surface area contributed by atoms with Gasteiger partial charge in [0.15, 0.2) is 11.6 Å². The lowest BCUT2D eigenvalue weighted by molar-refractivity contribution is 0.511. The van der Waals surface area contributed by atoms with Gasteiger partial charge in [0.2, 0.25) is 0 Å². The fourth-order valence-electron chi connectivity index (χ4n) is 2.37. The summed E-state index contributed by atoms with van der Waals surface area (Å²) in [4.78, 5) is 0. The Kier molecular flexibility index (Phi) is 2.84. The van der Waals surface area contributed by atoms with Crippen molar-refractivity contribution < 1.29 is 8.78 Å². The van der Waals surface area contributed by atoms with E-state index < -0.39 is 11.6 Å². The van der Waals surface area contributed by atoms with Crippen molar-refractivity contribution in [3.05, 3.63) is 59.2 Å². The van der Waals surface area contributed by atoms with Crippen LogP contribution in [0.3, 0.4) is 0 Å². The minimum absolute atomic E-state index is 0.323. The monoisotopic (exact) mass is 245 g/mol. The maximum Gasteiger partial charge on any atom is 0.166 e. The molecule has 0 saturated heterocycles. The van der Waals surface area contributed by atoms with Crippen molar-refractivity contribution in [2.75, 3.05) is 6.54 Å². The first-order valence-electron chi connectivity index (χ1n) is 6.02. The fraction of sp³-hybridized carbons (Fsp3) is 0.200. The molecule has 92 valence electrons. The number of nitrogens with one attached hydrogen (secondary N) is 1. The minimum Gasteiger partial charge on any atom is -0.312 e. The third kappa shape index (κ3) is 1.91. The highest BCUT2D eigenvalue weighted by atomic mass is 19.2. The molecular formula is C15H13F2N. The molecule has 0 fully saturated rings. The molecule has 1 aliphatic heterocycles. The second kappa shape index (κ2) is 4.50. The average molecular weight is 245 g/mol. The predicted molar refractivity (Wildman–Crippen MR) is 67.2 cm³/mol. The highest BCUT2D eigenvalue weighted by Crippen LogP contribution is 2.27. The van der Waals surface area contributed by atoms with E-state index in [0.717, 1.165) is 31.1 Å². The van der Waals surface area contributed by atoms with Crippen molar-refractivity contribution in [2.24, 2.45) is 0 Å². The van der Waals surface area contributed by atoms with E-state index >= 15 is 0 Å². The first kappa shape index (κ1) is 11.4. The number of fused-ring (bicyclic) bond motifs is 1. The Morgan fingerprint density at radius 3 is 2.78 bits per heavy atom. The molecule has 3 rings (SSSR count). The predicted octanol–water partition coefficient (Wildman–Crippen LogP) is 3.28. The topological polar surface area (TPSA) is 12.0 Å². The van der Waals surface area contributed by atoms with Gasteiger partial charge in [0, 0.05) is 12.1 Å². The second-order valence-electron chi connectivity index (χ2n) is 4.51. The van der Waals surface area contributed by atoms with Crippen LogP contribution in [-0.2, 0) is 13.0 Å². The molecule has 0 unspecified atom stereocenters. The van der Waals surface area contributed by atoms with Crippen LogP contribution in [-0.4, -0.2) is 6.54 Å². The van der Waals surface area contributed by atoms with Crippen LogP contribution in [0, 0.1) is 11.6 Å². The van der Waals surface area contributed by atoms with Crippen molar-refractivity contribution in [3.63, 3.8) is 0 Å². The number of rotatable bonds is 1. The van der Waals surface area contributed by atoms with Crippen LogP contribution in [0.15, 0.2) is 36.4 Å². The Labute approximate surface area is 104 Å². The summed E-state index contributed by atoms with van der Waals surface area (Å²) >= 11 is 0. The molecule has 2 aromatic carbocycles. The zero-order chi connectivity index (χ0) is 12.5. The third-order valence-electron chi connectivity index (χ3n) is 3.36. The number of benzene rings is 2. The van der Waals surface area contributed by atoms with Gasteiger partial charge in [0.25, 0.3) is 0 Å². The number of hydrogen-bond donors (Lipinski definition) is 1. The standard InChI is InChI=1S/C15H13F2N/c16-14-3-1-2-13(15(14)17)11-5-4-10-6-7-18-9-12(10)8-11/h1-5,8,18H,6-7,9H2. The van der Waals surface area contributed by atoms with Crippen LogP contribution in [0.4, 0.5) is 8.78 Å². The van der Waals surface area contributed by atoms with E-state index in [4.69, 9.17) is 0 Å². The zero-order valence-corrected chi connectivity index (χ0v) is 9.84. The summed E-state index contributed by atoms with van der Waals surface area (Å²) < 4.78 is 26.9. The first-order valence-corrected chi connectivity index (χ1v) is 6.02. The second-order valence-corrected chi connectivity index (χ2v) is 4.51. The van der Waals surface area contributed by atoms with Crippen LogP contribution in [0.1, 0.15) is 11.1 Å². The van der Waals surface area contributed by atoms with E-state index in [1.54, 1.807) is 6.07 Å². The zero-order valence-electron chi connectivity index (χ0n) is 9.84. The molecule has 1 heterocycles. The van der Waals surface area contributed by atoms with Gasteiger partial charge >= 0.3 is 0 Å². The molecule has 1 N–H and O–H groups in total.